The van der Waals surface area contributed by atoms with E-state index in [1.54, 1.807) is 6.20 Å². The second-order valence-corrected chi connectivity index (χ2v) is 6.38. The van der Waals surface area contributed by atoms with Crippen LogP contribution < -0.4 is 0 Å². The zero-order valence-corrected chi connectivity index (χ0v) is 9.88. The zero-order valence-electron chi connectivity index (χ0n) is 9.88. The molecule has 5 rings (SSSR count). The van der Waals surface area contributed by atoms with Crippen molar-refractivity contribution in [1.82, 2.24) is 9.78 Å². The van der Waals surface area contributed by atoms with Crippen molar-refractivity contribution < 1.29 is 0 Å². The van der Waals surface area contributed by atoms with Gasteiger partial charge in [0, 0.05) is 0 Å². The number of rotatable bonds is 2. The molecular weight excluding hydrogens is 214 g/mol. The molecule has 0 amide bonds. The monoisotopic (exact) mass is 231 g/mol. The summed E-state index contributed by atoms with van der Waals surface area (Å²) < 4.78 is 2.06. The number of hydrogen-bond acceptors (Lipinski definition) is 3. The molecule has 4 aliphatic carbocycles. The summed E-state index contributed by atoms with van der Waals surface area (Å²) in [6.07, 6.45) is 11.5. The van der Waals surface area contributed by atoms with Gasteiger partial charge in [-0.3, -0.25) is 4.68 Å². The molecule has 0 radical (unpaired) electrons. The molecule has 90 valence electrons. The fourth-order valence-corrected chi connectivity index (χ4v) is 4.97. The highest BCUT2D eigenvalue weighted by molar-refractivity contribution is 5.30. The maximum absolute atomic E-state index is 10.5. The van der Waals surface area contributed by atoms with Gasteiger partial charge in [-0.05, 0) is 61.5 Å². The highest BCUT2D eigenvalue weighted by Gasteiger charge is 2.52. The fourth-order valence-electron chi connectivity index (χ4n) is 4.97. The van der Waals surface area contributed by atoms with E-state index in [1.807, 2.05) is 6.20 Å². The molecule has 1 aromatic heterocycles. The molecule has 1 heterocycles. The predicted octanol–water partition coefficient (Wildman–Crippen LogP) is 3.21. The van der Waals surface area contributed by atoms with Crippen LogP contribution in [0.25, 0.3) is 0 Å². The van der Waals surface area contributed by atoms with E-state index >= 15 is 0 Å². The van der Waals surface area contributed by atoms with Crippen LogP contribution in [0.2, 0.25) is 0 Å². The molecule has 0 atom stereocenters. The largest absolute Gasteiger partial charge is 0.264 e. The predicted molar refractivity (Wildman–Crippen MR) is 63.8 cm³/mol. The summed E-state index contributed by atoms with van der Waals surface area (Å²) in [7, 11) is 0. The molecule has 4 nitrogen and oxygen atoms in total. The van der Waals surface area contributed by atoms with Crippen LogP contribution in [0, 0.1) is 22.7 Å². The summed E-state index contributed by atoms with van der Waals surface area (Å²) in [4.78, 5) is 10.5. The van der Waals surface area contributed by atoms with Crippen LogP contribution in [0.4, 0.5) is 5.69 Å². The smallest absolute Gasteiger partial charge is 0.145 e. The lowest BCUT2D eigenvalue weighted by atomic mass is 9.53. The van der Waals surface area contributed by atoms with Crippen molar-refractivity contribution in [2.24, 2.45) is 22.9 Å². The van der Waals surface area contributed by atoms with Gasteiger partial charge in [-0.1, -0.05) is 0 Å². The van der Waals surface area contributed by atoms with Gasteiger partial charge in [-0.15, -0.1) is 4.91 Å². The first kappa shape index (κ1) is 9.80. The average Bonchev–Trinajstić information content (AvgIpc) is 2.76. The van der Waals surface area contributed by atoms with Gasteiger partial charge < -0.3 is 0 Å². The van der Waals surface area contributed by atoms with Crippen LogP contribution in [0.1, 0.15) is 38.5 Å². The Morgan fingerprint density at radius 3 is 2.24 bits per heavy atom. The Hall–Kier alpha value is -1.19. The molecule has 4 bridgehead atoms. The van der Waals surface area contributed by atoms with Crippen LogP contribution in [-0.2, 0) is 5.54 Å². The van der Waals surface area contributed by atoms with E-state index in [0.29, 0.717) is 5.69 Å². The Bertz CT molecular complexity index is 430. The Balaban J connectivity index is 1.74. The lowest BCUT2D eigenvalue weighted by Gasteiger charge is -2.56. The summed E-state index contributed by atoms with van der Waals surface area (Å²) in [5.41, 5.74) is 0.693. The van der Waals surface area contributed by atoms with Crippen LogP contribution in [0.5, 0.6) is 0 Å². The molecule has 4 fully saturated rings. The molecule has 0 N–H and O–H groups in total. The van der Waals surface area contributed by atoms with E-state index in [1.165, 1.54) is 38.5 Å². The van der Waals surface area contributed by atoms with Crippen molar-refractivity contribution in [3.8, 4) is 0 Å². The quantitative estimate of drug-likeness (QED) is 0.734. The molecule has 17 heavy (non-hydrogen) atoms. The molecule has 0 saturated heterocycles. The van der Waals surface area contributed by atoms with E-state index in [0.717, 1.165) is 17.8 Å². The van der Waals surface area contributed by atoms with Gasteiger partial charge >= 0.3 is 0 Å². The topological polar surface area (TPSA) is 47.2 Å². The summed E-state index contributed by atoms with van der Waals surface area (Å²) in [5.74, 6) is 2.70. The van der Waals surface area contributed by atoms with Gasteiger partial charge in [-0.25, -0.2) is 0 Å². The SMILES string of the molecule is O=Nc1cnn(C23CC4CC(CC(C4)C2)C3)c1. The van der Waals surface area contributed by atoms with Gasteiger partial charge in [0.2, 0.25) is 0 Å². The van der Waals surface area contributed by atoms with Gasteiger partial charge in [0.05, 0.1) is 17.9 Å². The normalized spacial score (nSPS) is 42.9. The Kier molecular flexibility index (Phi) is 1.83. The van der Waals surface area contributed by atoms with E-state index < -0.39 is 0 Å². The standard InChI is InChI=1S/C13H17N3O/c17-15-12-7-14-16(8-12)13-4-9-1-10(5-13)3-11(2-9)6-13/h7-11H,1-6H2. The summed E-state index contributed by atoms with van der Waals surface area (Å²) in [5, 5.41) is 7.39. The molecule has 4 aliphatic rings. The van der Waals surface area contributed by atoms with Gasteiger partial charge in [0.15, 0.2) is 0 Å². The van der Waals surface area contributed by atoms with Crippen molar-refractivity contribution in [3.63, 3.8) is 0 Å². The van der Waals surface area contributed by atoms with Gasteiger partial charge in [0.25, 0.3) is 0 Å². The number of nitroso groups, excluding NO2 is 1. The second kappa shape index (κ2) is 3.18. The summed E-state index contributed by atoms with van der Waals surface area (Å²) >= 11 is 0. The Morgan fingerprint density at radius 2 is 1.76 bits per heavy atom. The fraction of sp³-hybridized carbons (Fsp3) is 0.769. The van der Waals surface area contributed by atoms with Crippen molar-refractivity contribution in [2.75, 3.05) is 0 Å². The molecule has 0 spiro atoms. The van der Waals surface area contributed by atoms with E-state index in [2.05, 4.69) is 15.0 Å². The van der Waals surface area contributed by atoms with Crippen molar-refractivity contribution in [1.29, 1.82) is 0 Å². The number of hydrogen-bond donors (Lipinski definition) is 0. The maximum Gasteiger partial charge on any atom is 0.145 e. The minimum Gasteiger partial charge on any atom is -0.264 e. The molecule has 0 aromatic carbocycles. The first-order valence-corrected chi connectivity index (χ1v) is 6.66. The Morgan fingerprint density at radius 1 is 1.18 bits per heavy atom. The van der Waals surface area contributed by atoms with Crippen LogP contribution >= 0.6 is 0 Å². The Labute approximate surface area is 100 Å². The lowest BCUT2D eigenvalue weighted by Crippen LogP contribution is -2.52. The van der Waals surface area contributed by atoms with Crippen molar-refractivity contribution >= 4 is 5.69 Å². The zero-order chi connectivity index (χ0) is 11.5. The minimum absolute atomic E-state index is 0.220. The average molecular weight is 231 g/mol. The van der Waals surface area contributed by atoms with Crippen LogP contribution in [-0.4, -0.2) is 9.78 Å². The van der Waals surface area contributed by atoms with Crippen molar-refractivity contribution in [2.45, 2.75) is 44.1 Å². The van der Waals surface area contributed by atoms with E-state index in [-0.39, 0.29) is 5.54 Å². The second-order valence-electron chi connectivity index (χ2n) is 6.38. The van der Waals surface area contributed by atoms with Crippen LogP contribution in [0.3, 0.4) is 0 Å². The molecule has 4 saturated carbocycles. The first-order valence-electron chi connectivity index (χ1n) is 6.66. The highest BCUT2D eigenvalue weighted by Crippen LogP contribution is 2.58. The summed E-state index contributed by atoms with van der Waals surface area (Å²) in [6.45, 7) is 0. The third-order valence-electron chi connectivity index (χ3n) is 5.17. The third kappa shape index (κ3) is 1.33. The lowest BCUT2D eigenvalue weighted by molar-refractivity contribution is -0.0493. The highest BCUT2D eigenvalue weighted by atomic mass is 16.3. The molecule has 4 heteroatoms. The summed E-state index contributed by atoms with van der Waals surface area (Å²) in [6, 6.07) is 0. The number of nitrogens with zero attached hydrogens (tertiary/aromatic N) is 3. The minimum atomic E-state index is 0.220. The van der Waals surface area contributed by atoms with Crippen molar-refractivity contribution in [3.05, 3.63) is 17.3 Å². The van der Waals surface area contributed by atoms with Gasteiger partial charge in [0.1, 0.15) is 5.69 Å². The molecule has 0 unspecified atom stereocenters. The third-order valence-corrected chi connectivity index (χ3v) is 5.17. The van der Waals surface area contributed by atoms with Gasteiger partial charge in [-0.2, -0.15) is 5.10 Å². The van der Waals surface area contributed by atoms with E-state index in [4.69, 9.17) is 0 Å². The van der Waals surface area contributed by atoms with E-state index in [9.17, 15) is 4.91 Å². The maximum atomic E-state index is 10.5. The first-order chi connectivity index (χ1) is 8.27. The molecular formula is C13H17N3O. The molecule has 0 aliphatic heterocycles. The van der Waals surface area contributed by atoms with Crippen LogP contribution in [0.15, 0.2) is 17.6 Å². The number of aromatic nitrogens is 2. The molecule has 1 aromatic rings.